The second-order valence-electron chi connectivity index (χ2n) is 7.03. The van der Waals surface area contributed by atoms with Crippen LogP contribution in [0.5, 0.6) is 0 Å². The van der Waals surface area contributed by atoms with E-state index in [1.807, 2.05) is 31.2 Å². The molecule has 0 aliphatic heterocycles. The molecule has 0 unspecified atom stereocenters. The van der Waals surface area contributed by atoms with Gasteiger partial charge >= 0.3 is 5.92 Å². The van der Waals surface area contributed by atoms with Gasteiger partial charge in [0, 0.05) is 19.4 Å². The van der Waals surface area contributed by atoms with Gasteiger partial charge in [-0.05, 0) is 13.0 Å². The minimum absolute atomic E-state index is 0.00688. The third-order valence-corrected chi connectivity index (χ3v) is 4.24. The molecule has 3 heterocycles. The van der Waals surface area contributed by atoms with Gasteiger partial charge in [-0.2, -0.15) is 18.7 Å². The van der Waals surface area contributed by atoms with Crippen LogP contribution >= 0.6 is 0 Å². The Balaban J connectivity index is 1.49. The maximum Gasteiger partial charge on any atom is 0.319 e. The highest BCUT2D eigenvalue weighted by molar-refractivity contribution is 6.05. The maximum absolute atomic E-state index is 13.2. The molecule has 1 amide bonds. The van der Waals surface area contributed by atoms with Gasteiger partial charge < -0.3 is 14.2 Å². The largest absolute Gasteiger partial charge is 0.443 e. The van der Waals surface area contributed by atoms with Crippen LogP contribution in [0.15, 0.2) is 45.6 Å². The first-order valence-electron chi connectivity index (χ1n) is 9.27. The second kappa shape index (κ2) is 7.74. The number of carbonyl (C=O) groups excluding carboxylic acids is 1. The zero-order chi connectivity index (χ0) is 22.2. The lowest BCUT2D eigenvalue weighted by molar-refractivity contribution is -0.0109. The Kier molecular flexibility index (Phi) is 5.09. The predicted octanol–water partition coefficient (Wildman–Crippen LogP) is 3.95. The summed E-state index contributed by atoms with van der Waals surface area (Å²) in [6.07, 6.45) is 2.44. The number of oxazole rings is 2. The summed E-state index contributed by atoms with van der Waals surface area (Å²) in [7, 11) is 0. The monoisotopic (exact) mass is 428 g/mol. The summed E-state index contributed by atoms with van der Waals surface area (Å²) in [5, 5.41) is 10.7. The molecule has 11 heteroatoms. The Morgan fingerprint density at radius 2 is 2.06 bits per heavy atom. The van der Waals surface area contributed by atoms with E-state index in [1.54, 1.807) is 6.92 Å². The van der Waals surface area contributed by atoms with Crippen LogP contribution in [0, 0.1) is 13.8 Å². The van der Waals surface area contributed by atoms with E-state index in [-0.39, 0.29) is 23.8 Å². The van der Waals surface area contributed by atoms with Crippen LogP contribution in [-0.4, -0.2) is 30.9 Å². The van der Waals surface area contributed by atoms with E-state index in [0.29, 0.717) is 18.6 Å². The van der Waals surface area contributed by atoms with Gasteiger partial charge in [0.2, 0.25) is 0 Å². The zero-order valence-corrected chi connectivity index (χ0v) is 16.9. The fraction of sp³-hybridized carbons (Fsp3) is 0.250. The molecule has 31 heavy (non-hydrogen) atoms. The Morgan fingerprint density at radius 3 is 2.77 bits per heavy atom. The van der Waals surface area contributed by atoms with Gasteiger partial charge in [-0.15, -0.1) is 5.10 Å². The van der Waals surface area contributed by atoms with Crippen molar-refractivity contribution in [2.75, 3.05) is 5.32 Å². The number of amides is 1. The number of rotatable bonds is 6. The average molecular weight is 428 g/mol. The molecule has 4 aromatic rings. The summed E-state index contributed by atoms with van der Waals surface area (Å²) in [6.45, 7) is 4.27. The highest BCUT2D eigenvalue weighted by atomic mass is 19.3. The average Bonchev–Trinajstić information content (AvgIpc) is 3.42. The van der Waals surface area contributed by atoms with Crippen LogP contribution in [0.2, 0.25) is 0 Å². The first-order valence-corrected chi connectivity index (χ1v) is 9.27. The first kappa shape index (κ1) is 20.4. The quantitative estimate of drug-likeness (QED) is 0.495. The Morgan fingerprint density at radius 1 is 1.26 bits per heavy atom. The van der Waals surface area contributed by atoms with Crippen LogP contribution < -0.4 is 5.32 Å². The maximum atomic E-state index is 13.2. The molecule has 1 aromatic carbocycles. The van der Waals surface area contributed by atoms with Crippen molar-refractivity contribution in [2.45, 2.75) is 33.2 Å². The number of alkyl halides is 2. The lowest BCUT2D eigenvalue weighted by atomic mass is 10.1. The Hall–Kier alpha value is -3.89. The van der Waals surface area contributed by atoms with E-state index in [0.717, 1.165) is 17.4 Å². The smallest absolute Gasteiger partial charge is 0.319 e. The van der Waals surface area contributed by atoms with Gasteiger partial charge in [-0.25, -0.2) is 9.97 Å². The number of aryl methyl sites for hydroxylation is 2. The fourth-order valence-electron chi connectivity index (χ4n) is 2.90. The normalized spacial score (nSPS) is 11.6. The van der Waals surface area contributed by atoms with E-state index in [9.17, 15) is 13.6 Å². The topological polar surface area (TPSA) is 112 Å². The van der Waals surface area contributed by atoms with Crippen molar-refractivity contribution in [3.05, 3.63) is 65.5 Å². The van der Waals surface area contributed by atoms with Crippen LogP contribution in [0.3, 0.4) is 0 Å². The van der Waals surface area contributed by atoms with Crippen molar-refractivity contribution in [1.82, 2.24) is 25.0 Å². The summed E-state index contributed by atoms with van der Waals surface area (Å²) >= 11 is 0. The number of hydrogen-bond donors (Lipinski definition) is 1. The van der Waals surface area contributed by atoms with Gasteiger partial charge in [0.1, 0.15) is 18.5 Å². The van der Waals surface area contributed by atoms with Crippen molar-refractivity contribution in [3.63, 3.8) is 0 Å². The van der Waals surface area contributed by atoms with Gasteiger partial charge in [0.15, 0.2) is 23.2 Å². The molecular formula is C20H18F2N6O3. The highest BCUT2D eigenvalue weighted by Gasteiger charge is 2.30. The molecule has 0 aliphatic carbocycles. The van der Waals surface area contributed by atoms with Crippen molar-refractivity contribution < 1.29 is 22.4 Å². The molecule has 0 bridgehead atoms. The number of carbonyl (C=O) groups is 1. The molecule has 4 rings (SSSR count). The van der Waals surface area contributed by atoms with Crippen LogP contribution in [0.25, 0.3) is 11.3 Å². The van der Waals surface area contributed by atoms with Crippen molar-refractivity contribution in [3.8, 4) is 11.3 Å². The summed E-state index contributed by atoms with van der Waals surface area (Å²) in [5.41, 5.74) is 2.07. The SMILES string of the molecule is Cc1cccc(-c2oc(C)nc2C(=O)Nc2cnn(Cc3coc(C(C)(F)F)n3)n2)c1. The van der Waals surface area contributed by atoms with Crippen LogP contribution in [0.4, 0.5) is 14.6 Å². The van der Waals surface area contributed by atoms with Gasteiger partial charge in [-0.3, -0.25) is 4.79 Å². The number of nitrogens with zero attached hydrogens (tertiary/aromatic N) is 5. The molecule has 0 saturated carbocycles. The number of benzene rings is 1. The molecular weight excluding hydrogens is 410 g/mol. The first-order chi connectivity index (χ1) is 14.7. The van der Waals surface area contributed by atoms with Crippen LogP contribution in [-0.2, 0) is 12.5 Å². The summed E-state index contributed by atoms with van der Waals surface area (Å²) in [5.74, 6) is -3.53. The number of nitrogens with one attached hydrogen (secondary N) is 1. The zero-order valence-electron chi connectivity index (χ0n) is 16.9. The van der Waals surface area contributed by atoms with E-state index in [4.69, 9.17) is 8.83 Å². The van der Waals surface area contributed by atoms with Crippen LogP contribution in [0.1, 0.15) is 40.5 Å². The van der Waals surface area contributed by atoms with Gasteiger partial charge in [0.25, 0.3) is 11.8 Å². The third kappa shape index (κ3) is 4.49. The summed E-state index contributed by atoms with van der Waals surface area (Å²) in [6, 6.07) is 7.51. The summed E-state index contributed by atoms with van der Waals surface area (Å²) < 4.78 is 36.9. The van der Waals surface area contributed by atoms with E-state index < -0.39 is 17.7 Å². The number of aromatic nitrogens is 5. The molecule has 9 nitrogen and oxygen atoms in total. The number of anilines is 1. The van der Waals surface area contributed by atoms with E-state index >= 15 is 0 Å². The van der Waals surface area contributed by atoms with Crippen molar-refractivity contribution >= 4 is 11.7 Å². The molecule has 0 atom stereocenters. The van der Waals surface area contributed by atoms with Crippen molar-refractivity contribution in [1.29, 1.82) is 0 Å². The molecule has 0 spiro atoms. The number of halogens is 2. The third-order valence-electron chi connectivity index (χ3n) is 4.24. The number of hydrogen-bond acceptors (Lipinski definition) is 7. The molecule has 0 aliphatic rings. The molecule has 160 valence electrons. The molecule has 0 saturated heterocycles. The van der Waals surface area contributed by atoms with E-state index in [2.05, 4.69) is 25.5 Å². The Bertz CT molecular complexity index is 1240. The minimum atomic E-state index is -3.18. The molecule has 0 radical (unpaired) electrons. The fourth-order valence-corrected chi connectivity index (χ4v) is 2.90. The molecule has 1 N–H and O–H groups in total. The predicted molar refractivity (Wildman–Crippen MR) is 105 cm³/mol. The minimum Gasteiger partial charge on any atom is -0.443 e. The lowest BCUT2D eigenvalue weighted by Crippen LogP contribution is -2.14. The van der Waals surface area contributed by atoms with Gasteiger partial charge in [-0.1, -0.05) is 23.8 Å². The summed E-state index contributed by atoms with van der Waals surface area (Å²) in [4.78, 5) is 21.9. The highest BCUT2D eigenvalue weighted by Crippen LogP contribution is 2.27. The van der Waals surface area contributed by atoms with E-state index in [1.165, 1.54) is 11.0 Å². The standard InChI is InChI=1S/C20H18F2N6O3/c1-11-5-4-6-13(7-11)17-16(24-12(2)31-17)18(29)26-15-8-23-28(27-15)9-14-10-30-19(25-14)20(3,21)22/h4-8,10H,9H2,1-3H3,(H,26,27,29). The lowest BCUT2D eigenvalue weighted by Gasteiger charge is -2.03. The van der Waals surface area contributed by atoms with Crippen molar-refractivity contribution in [2.24, 2.45) is 0 Å². The molecule has 0 fully saturated rings. The van der Waals surface area contributed by atoms with Gasteiger partial charge in [0.05, 0.1) is 6.20 Å². The molecule has 3 aromatic heterocycles. The Labute approximate surface area is 175 Å². The second-order valence-corrected chi connectivity index (χ2v) is 7.03.